The van der Waals surface area contributed by atoms with E-state index in [4.69, 9.17) is 4.74 Å². The number of hydrogen-bond donors (Lipinski definition) is 2. The quantitative estimate of drug-likeness (QED) is 0.570. The molecule has 0 bridgehead atoms. The number of nitrogens with zero attached hydrogens (tertiary/aromatic N) is 4. The van der Waals surface area contributed by atoms with E-state index < -0.39 is 18.3 Å². The third kappa shape index (κ3) is 2.63. The summed E-state index contributed by atoms with van der Waals surface area (Å²) in [5.41, 5.74) is 1.63. The van der Waals surface area contributed by atoms with E-state index in [9.17, 15) is 10.2 Å². The molecular formula is C21H20N4O3. The summed E-state index contributed by atoms with van der Waals surface area (Å²) in [6.07, 6.45) is 4.86. The second kappa shape index (κ2) is 6.54. The molecule has 1 saturated carbocycles. The lowest BCUT2D eigenvalue weighted by molar-refractivity contribution is -0.0160. The molecule has 0 unspecified atom stereocenters. The lowest BCUT2D eigenvalue weighted by atomic mass is 10.1. The van der Waals surface area contributed by atoms with Crippen LogP contribution in [0.5, 0.6) is 5.75 Å². The van der Waals surface area contributed by atoms with Gasteiger partial charge in [0.25, 0.3) is 0 Å². The summed E-state index contributed by atoms with van der Waals surface area (Å²) in [6.45, 7) is 1.93. The van der Waals surface area contributed by atoms with Gasteiger partial charge in [-0.15, -0.1) is 0 Å². The molecule has 0 spiro atoms. The van der Waals surface area contributed by atoms with Crippen LogP contribution in [0.3, 0.4) is 0 Å². The fourth-order valence-electron chi connectivity index (χ4n) is 4.08. The normalized spacial score (nSPS) is 24.8. The van der Waals surface area contributed by atoms with E-state index in [1.807, 2.05) is 48.0 Å². The Bertz CT molecular complexity index is 1150. The Morgan fingerprint density at radius 3 is 2.86 bits per heavy atom. The highest BCUT2D eigenvalue weighted by Gasteiger charge is 2.44. The summed E-state index contributed by atoms with van der Waals surface area (Å²) in [6, 6.07) is 9.28. The maximum absolute atomic E-state index is 10.7. The summed E-state index contributed by atoms with van der Waals surface area (Å²) in [4.78, 5) is 12.7. The second-order valence-electron chi connectivity index (χ2n) is 7.21. The van der Waals surface area contributed by atoms with Crippen molar-refractivity contribution in [2.24, 2.45) is 0 Å². The molecule has 4 aromatic rings. The first-order valence-corrected chi connectivity index (χ1v) is 9.27. The van der Waals surface area contributed by atoms with Gasteiger partial charge in [-0.1, -0.05) is 12.1 Å². The maximum Gasteiger partial charge on any atom is 0.143 e. The monoisotopic (exact) mass is 376 g/mol. The third-order valence-electron chi connectivity index (χ3n) is 5.59. The molecule has 1 aliphatic rings. The van der Waals surface area contributed by atoms with Crippen LogP contribution in [-0.4, -0.2) is 48.0 Å². The minimum Gasteiger partial charge on any atom is -0.487 e. The van der Waals surface area contributed by atoms with Crippen molar-refractivity contribution < 1.29 is 14.9 Å². The summed E-state index contributed by atoms with van der Waals surface area (Å²) < 4.78 is 8.05. The number of pyridine rings is 1. The molecule has 7 nitrogen and oxygen atoms in total. The van der Waals surface area contributed by atoms with Gasteiger partial charge in [0.15, 0.2) is 0 Å². The number of aliphatic hydroxyl groups is 2. The van der Waals surface area contributed by atoms with Crippen molar-refractivity contribution in [1.82, 2.24) is 19.5 Å². The lowest BCUT2D eigenvalue weighted by Gasteiger charge is -2.19. The van der Waals surface area contributed by atoms with Crippen molar-refractivity contribution in [1.29, 1.82) is 0 Å². The molecule has 3 aromatic heterocycles. The zero-order valence-corrected chi connectivity index (χ0v) is 15.3. The molecular weight excluding hydrogens is 356 g/mol. The Kier molecular flexibility index (Phi) is 3.99. The van der Waals surface area contributed by atoms with Gasteiger partial charge in [0, 0.05) is 35.8 Å². The smallest absolute Gasteiger partial charge is 0.143 e. The summed E-state index contributed by atoms with van der Waals surface area (Å²) >= 11 is 0. The average molecular weight is 376 g/mol. The number of ether oxygens (including phenoxy) is 1. The van der Waals surface area contributed by atoms with E-state index in [-0.39, 0.29) is 6.04 Å². The zero-order chi connectivity index (χ0) is 19.3. The van der Waals surface area contributed by atoms with Crippen LogP contribution in [0.1, 0.15) is 18.2 Å². The van der Waals surface area contributed by atoms with Crippen LogP contribution in [0, 0.1) is 6.92 Å². The van der Waals surface area contributed by atoms with Gasteiger partial charge in [0.2, 0.25) is 0 Å². The van der Waals surface area contributed by atoms with Crippen molar-refractivity contribution in [2.75, 3.05) is 0 Å². The van der Waals surface area contributed by atoms with Gasteiger partial charge in [-0.05, 0) is 30.5 Å². The van der Waals surface area contributed by atoms with E-state index in [0.717, 1.165) is 27.5 Å². The van der Waals surface area contributed by atoms with Gasteiger partial charge in [-0.3, -0.25) is 4.98 Å². The summed E-state index contributed by atoms with van der Waals surface area (Å²) in [5.74, 6) is 0.651. The molecule has 1 fully saturated rings. The van der Waals surface area contributed by atoms with Crippen molar-refractivity contribution in [2.45, 2.75) is 37.7 Å². The van der Waals surface area contributed by atoms with Gasteiger partial charge in [0.05, 0.1) is 11.7 Å². The molecule has 0 aliphatic heterocycles. The molecule has 28 heavy (non-hydrogen) atoms. The van der Waals surface area contributed by atoms with Gasteiger partial charge >= 0.3 is 0 Å². The van der Waals surface area contributed by atoms with Crippen molar-refractivity contribution in [3.05, 3.63) is 60.9 Å². The number of benzene rings is 1. The molecule has 0 saturated heterocycles. The highest BCUT2D eigenvalue weighted by Crippen LogP contribution is 2.37. The van der Waals surface area contributed by atoms with Crippen LogP contribution in [-0.2, 0) is 0 Å². The summed E-state index contributed by atoms with van der Waals surface area (Å²) in [7, 11) is 0. The molecule has 0 amide bonds. The molecule has 1 aliphatic carbocycles. The molecule has 142 valence electrons. The molecule has 2 N–H and O–H groups in total. The molecule has 3 heterocycles. The number of fused-ring (bicyclic) bond motifs is 2. The van der Waals surface area contributed by atoms with Crippen LogP contribution < -0.4 is 4.74 Å². The Labute approximate surface area is 161 Å². The minimum atomic E-state index is -1.00. The summed E-state index contributed by atoms with van der Waals surface area (Å²) in [5, 5.41) is 24.2. The standard InChI is InChI=1S/C21H20N4O3/c1-12-14-6-8-25(21(14)24-11-23-12)16-9-18(20(27)19(16)26)28-17-4-2-3-13-5-7-22-10-15(13)17/h2-8,10-11,16,18-20,26-27H,9H2,1H3/t16-,18+,19+,20-/m1/s1. The lowest BCUT2D eigenvalue weighted by Crippen LogP contribution is -2.34. The fourth-order valence-corrected chi connectivity index (χ4v) is 4.08. The second-order valence-corrected chi connectivity index (χ2v) is 7.21. The number of rotatable bonds is 3. The van der Waals surface area contributed by atoms with E-state index in [1.54, 1.807) is 12.4 Å². The van der Waals surface area contributed by atoms with Crippen LogP contribution in [0.25, 0.3) is 21.8 Å². The highest BCUT2D eigenvalue weighted by molar-refractivity contribution is 5.87. The Balaban J connectivity index is 1.47. The Morgan fingerprint density at radius 1 is 1.07 bits per heavy atom. The number of hydrogen-bond acceptors (Lipinski definition) is 6. The van der Waals surface area contributed by atoms with Gasteiger partial charge in [-0.2, -0.15) is 0 Å². The molecule has 0 radical (unpaired) electrons. The van der Waals surface area contributed by atoms with E-state index in [0.29, 0.717) is 12.2 Å². The predicted octanol–water partition coefficient (Wildman–Crippen LogP) is 2.40. The average Bonchev–Trinajstić information content (AvgIpc) is 3.26. The van der Waals surface area contributed by atoms with Crippen molar-refractivity contribution in [3.8, 4) is 5.75 Å². The Morgan fingerprint density at radius 2 is 1.96 bits per heavy atom. The largest absolute Gasteiger partial charge is 0.487 e. The van der Waals surface area contributed by atoms with E-state index in [2.05, 4.69) is 15.0 Å². The number of aliphatic hydroxyl groups excluding tert-OH is 2. The van der Waals surface area contributed by atoms with Crippen LogP contribution >= 0.6 is 0 Å². The number of aryl methyl sites for hydroxylation is 1. The van der Waals surface area contributed by atoms with Crippen LogP contribution in [0.15, 0.2) is 55.2 Å². The van der Waals surface area contributed by atoms with E-state index in [1.165, 1.54) is 6.33 Å². The first-order valence-electron chi connectivity index (χ1n) is 9.27. The van der Waals surface area contributed by atoms with Gasteiger partial charge < -0.3 is 19.5 Å². The predicted molar refractivity (Wildman–Crippen MR) is 104 cm³/mol. The SMILES string of the molecule is Cc1ncnc2c1ccn2[C@@H]1C[C@H](Oc2cccc3ccncc23)[C@@H](O)[C@H]1O. The number of aromatic nitrogens is 4. The van der Waals surface area contributed by atoms with E-state index >= 15 is 0 Å². The topological polar surface area (TPSA) is 93.3 Å². The molecule has 4 atom stereocenters. The zero-order valence-electron chi connectivity index (χ0n) is 15.3. The molecule has 7 heteroatoms. The van der Waals surface area contributed by atoms with Crippen molar-refractivity contribution in [3.63, 3.8) is 0 Å². The highest BCUT2D eigenvalue weighted by atomic mass is 16.5. The minimum absolute atomic E-state index is 0.333. The first kappa shape index (κ1) is 17.1. The van der Waals surface area contributed by atoms with Gasteiger partial charge in [0.1, 0.15) is 36.0 Å². The van der Waals surface area contributed by atoms with Crippen LogP contribution in [0.4, 0.5) is 0 Å². The first-order chi connectivity index (χ1) is 13.6. The molecule has 5 rings (SSSR count). The molecule has 1 aromatic carbocycles. The van der Waals surface area contributed by atoms with Crippen LogP contribution in [0.2, 0.25) is 0 Å². The Hall–Kier alpha value is -3.03. The van der Waals surface area contributed by atoms with Crippen molar-refractivity contribution >= 4 is 21.8 Å². The third-order valence-corrected chi connectivity index (χ3v) is 5.59. The fraction of sp³-hybridized carbons (Fsp3) is 0.286. The maximum atomic E-state index is 10.7. The van der Waals surface area contributed by atoms with Gasteiger partial charge in [-0.25, -0.2) is 9.97 Å².